The van der Waals surface area contributed by atoms with Crippen molar-refractivity contribution in [3.05, 3.63) is 78.3 Å². The largest absolute Gasteiger partial charge is 0.416 e. The summed E-state index contributed by atoms with van der Waals surface area (Å²) in [7, 11) is 0. The van der Waals surface area contributed by atoms with Crippen LogP contribution in [0.3, 0.4) is 0 Å². The lowest BCUT2D eigenvalue weighted by Gasteiger charge is -2.26. The molecule has 1 N–H and O–H groups in total. The van der Waals surface area contributed by atoms with Crippen LogP contribution in [0.5, 0.6) is 0 Å². The number of nitrogens with one attached hydrogen (secondary N) is 1. The first-order valence-electron chi connectivity index (χ1n) is 9.77. The van der Waals surface area contributed by atoms with Crippen molar-refractivity contribution in [1.82, 2.24) is 4.57 Å². The highest BCUT2D eigenvalue weighted by Gasteiger charge is 2.32. The number of amides is 1. The quantitative estimate of drug-likeness (QED) is 0.610. The van der Waals surface area contributed by atoms with E-state index in [1.807, 2.05) is 26.0 Å². The number of benzene rings is 2. The zero-order chi connectivity index (χ0) is 22.8. The summed E-state index contributed by atoms with van der Waals surface area (Å²) in [5, 5.41) is 2.84. The van der Waals surface area contributed by atoms with Crippen molar-refractivity contribution in [2.24, 2.45) is 4.99 Å². The summed E-state index contributed by atoms with van der Waals surface area (Å²) in [6, 6.07) is 8.74. The zero-order valence-electron chi connectivity index (χ0n) is 17.1. The van der Waals surface area contributed by atoms with E-state index >= 15 is 0 Å². The molecule has 3 heterocycles. The minimum atomic E-state index is -4.46. The van der Waals surface area contributed by atoms with Gasteiger partial charge in [-0.25, -0.2) is 4.99 Å². The summed E-state index contributed by atoms with van der Waals surface area (Å²) >= 11 is 1.12. The molecule has 0 aliphatic carbocycles. The number of nitrogens with zero attached hydrogens (tertiary/aromatic N) is 3. The number of carbonyl (C=O) groups is 1. The lowest BCUT2D eigenvalue weighted by molar-refractivity contribution is -0.137. The fraction of sp³-hybridized carbons (Fsp3) is 0.227. The SMILES string of the molecule is Cc1cc(C)c2c(c1)C(=c1sc3n(c1=O)CN(c1cccc(C(F)(F)F)c1)CN=3)C(=O)N2. The van der Waals surface area contributed by atoms with Gasteiger partial charge in [0, 0.05) is 11.3 Å². The third-order valence-electron chi connectivity index (χ3n) is 5.53. The molecule has 0 unspecified atom stereocenters. The topological polar surface area (TPSA) is 66.7 Å². The fourth-order valence-electron chi connectivity index (χ4n) is 4.06. The zero-order valence-corrected chi connectivity index (χ0v) is 17.9. The molecule has 2 aliphatic heterocycles. The molecule has 0 saturated carbocycles. The van der Waals surface area contributed by atoms with Crippen molar-refractivity contribution in [1.29, 1.82) is 0 Å². The van der Waals surface area contributed by atoms with Crippen molar-refractivity contribution < 1.29 is 18.0 Å². The molecule has 0 fully saturated rings. The summed E-state index contributed by atoms with van der Waals surface area (Å²) in [5.74, 6) is -0.347. The van der Waals surface area contributed by atoms with Gasteiger partial charge in [-0.05, 0) is 43.7 Å². The van der Waals surface area contributed by atoms with Gasteiger partial charge in [-0.15, -0.1) is 0 Å². The van der Waals surface area contributed by atoms with Crippen LogP contribution in [0.25, 0.3) is 5.57 Å². The van der Waals surface area contributed by atoms with E-state index in [4.69, 9.17) is 0 Å². The highest BCUT2D eigenvalue weighted by Crippen LogP contribution is 2.34. The second kappa shape index (κ2) is 7.06. The molecular formula is C22H17F3N4O2S. The van der Waals surface area contributed by atoms with Crippen LogP contribution in [0.15, 0.2) is 46.2 Å². The van der Waals surface area contributed by atoms with Gasteiger partial charge in [-0.3, -0.25) is 14.2 Å². The third-order valence-corrected chi connectivity index (χ3v) is 6.65. The Morgan fingerprint density at radius 3 is 2.66 bits per heavy atom. The molecule has 1 amide bonds. The summed E-state index contributed by atoms with van der Waals surface area (Å²) in [4.78, 5) is 32.4. The van der Waals surface area contributed by atoms with Gasteiger partial charge in [0.25, 0.3) is 11.5 Å². The van der Waals surface area contributed by atoms with Crippen LogP contribution in [-0.4, -0.2) is 17.1 Å². The van der Waals surface area contributed by atoms with Gasteiger partial charge < -0.3 is 10.2 Å². The molecule has 164 valence electrons. The van der Waals surface area contributed by atoms with Crippen LogP contribution in [-0.2, 0) is 17.6 Å². The maximum absolute atomic E-state index is 13.2. The van der Waals surface area contributed by atoms with Crippen LogP contribution in [0.2, 0.25) is 0 Å². The molecule has 2 aromatic carbocycles. The minimum absolute atomic E-state index is 0.0457. The molecule has 6 nitrogen and oxygen atoms in total. The fourth-order valence-corrected chi connectivity index (χ4v) is 5.12. The first-order chi connectivity index (χ1) is 15.1. The molecule has 1 aromatic heterocycles. The predicted molar refractivity (Wildman–Crippen MR) is 115 cm³/mol. The monoisotopic (exact) mass is 458 g/mol. The van der Waals surface area contributed by atoms with Crippen molar-refractivity contribution in [3.63, 3.8) is 0 Å². The summed E-state index contributed by atoms with van der Waals surface area (Å²) in [6.07, 6.45) is -4.46. The number of halogens is 3. The smallest absolute Gasteiger partial charge is 0.334 e. The van der Waals surface area contributed by atoms with E-state index in [-0.39, 0.29) is 29.3 Å². The van der Waals surface area contributed by atoms with Gasteiger partial charge in [-0.2, -0.15) is 13.2 Å². The number of hydrogen-bond acceptors (Lipinski definition) is 5. The van der Waals surface area contributed by atoms with E-state index in [0.29, 0.717) is 27.3 Å². The van der Waals surface area contributed by atoms with Gasteiger partial charge >= 0.3 is 6.18 Å². The molecule has 3 aromatic rings. The number of aryl methyl sites for hydroxylation is 2. The average Bonchev–Trinajstić information content (AvgIpc) is 3.23. The van der Waals surface area contributed by atoms with Gasteiger partial charge in [0.1, 0.15) is 17.9 Å². The highest BCUT2D eigenvalue weighted by atomic mass is 32.1. The van der Waals surface area contributed by atoms with Crippen LogP contribution < -0.4 is 25.1 Å². The second-order valence-electron chi connectivity index (χ2n) is 7.81. The average molecular weight is 458 g/mol. The van der Waals surface area contributed by atoms with E-state index in [2.05, 4.69) is 10.3 Å². The van der Waals surface area contributed by atoms with E-state index in [9.17, 15) is 22.8 Å². The van der Waals surface area contributed by atoms with Gasteiger partial charge in [0.15, 0.2) is 4.80 Å². The molecular weight excluding hydrogens is 441 g/mol. The third kappa shape index (κ3) is 3.22. The van der Waals surface area contributed by atoms with Crippen LogP contribution in [0.1, 0.15) is 22.3 Å². The van der Waals surface area contributed by atoms with Crippen molar-refractivity contribution in [3.8, 4) is 0 Å². The standard InChI is InChI=1S/C22H17F3N4O2S/c1-11-6-12(2)17-15(7-11)16(19(30)27-17)18-20(31)29-10-28(9-26-21(29)32-18)14-5-3-4-13(8-14)22(23,24)25/h3-8H,9-10H2,1-2H3,(H,27,30). The lowest BCUT2D eigenvalue weighted by atomic mass is 10.0. The van der Waals surface area contributed by atoms with Crippen molar-refractivity contribution in [2.45, 2.75) is 26.7 Å². The number of rotatable bonds is 1. The Kier molecular flexibility index (Phi) is 4.52. The molecule has 2 aliphatic rings. The summed E-state index contributed by atoms with van der Waals surface area (Å²) < 4.78 is 40.9. The number of hydrogen-bond donors (Lipinski definition) is 1. The molecule has 0 spiro atoms. The Bertz CT molecular complexity index is 1470. The number of aromatic nitrogens is 1. The summed E-state index contributed by atoms with van der Waals surface area (Å²) in [5.41, 5.74) is 2.72. The first-order valence-corrected chi connectivity index (χ1v) is 10.6. The molecule has 10 heteroatoms. The number of thiazole rings is 1. The molecule has 5 rings (SSSR count). The maximum Gasteiger partial charge on any atom is 0.416 e. The lowest BCUT2D eigenvalue weighted by Crippen LogP contribution is -2.43. The molecule has 0 atom stereocenters. The number of fused-ring (bicyclic) bond motifs is 2. The van der Waals surface area contributed by atoms with Crippen LogP contribution in [0.4, 0.5) is 24.5 Å². The Morgan fingerprint density at radius 1 is 1.12 bits per heavy atom. The first kappa shape index (κ1) is 20.5. The highest BCUT2D eigenvalue weighted by molar-refractivity contribution is 7.07. The number of anilines is 2. The molecule has 32 heavy (non-hydrogen) atoms. The summed E-state index contributed by atoms with van der Waals surface area (Å²) in [6.45, 7) is 3.97. The minimum Gasteiger partial charge on any atom is -0.334 e. The maximum atomic E-state index is 13.2. The van der Waals surface area contributed by atoms with E-state index < -0.39 is 11.7 Å². The Balaban J connectivity index is 1.61. The van der Waals surface area contributed by atoms with Crippen LogP contribution in [0, 0.1) is 13.8 Å². The Labute approximate surface area is 183 Å². The molecule has 0 saturated heterocycles. The van der Waals surface area contributed by atoms with Crippen molar-refractivity contribution in [2.75, 3.05) is 16.9 Å². The van der Waals surface area contributed by atoms with Gasteiger partial charge in [-0.1, -0.05) is 29.0 Å². The normalized spacial score (nSPS) is 17.0. The van der Waals surface area contributed by atoms with Crippen molar-refractivity contribution >= 4 is 34.2 Å². The van der Waals surface area contributed by atoms with E-state index in [1.165, 1.54) is 10.6 Å². The van der Waals surface area contributed by atoms with Crippen LogP contribution >= 0.6 is 11.3 Å². The van der Waals surface area contributed by atoms with E-state index in [1.54, 1.807) is 11.0 Å². The Morgan fingerprint density at radius 2 is 1.91 bits per heavy atom. The second-order valence-corrected chi connectivity index (χ2v) is 8.79. The van der Waals surface area contributed by atoms with E-state index in [0.717, 1.165) is 34.6 Å². The Hall–Kier alpha value is -3.40. The van der Waals surface area contributed by atoms with Gasteiger partial charge in [0.05, 0.1) is 16.8 Å². The van der Waals surface area contributed by atoms with Gasteiger partial charge in [0.2, 0.25) is 0 Å². The molecule has 0 bridgehead atoms. The predicted octanol–water partition coefficient (Wildman–Crippen LogP) is 2.75. The number of alkyl halides is 3. The number of carbonyl (C=O) groups excluding carboxylic acids is 1. The molecule has 0 radical (unpaired) electrons.